The first kappa shape index (κ1) is 12.8. The fraction of sp³-hybridized carbons (Fsp3) is 0.273. The van der Waals surface area contributed by atoms with Crippen molar-refractivity contribution in [2.75, 3.05) is 13.7 Å². The molecule has 0 aliphatic rings. The molecule has 17 heavy (non-hydrogen) atoms. The highest BCUT2D eigenvalue weighted by Gasteiger charge is 2.08. The van der Waals surface area contributed by atoms with Gasteiger partial charge in [-0.25, -0.2) is 4.79 Å². The van der Waals surface area contributed by atoms with Crippen LogP contribution in [0, 0.1) is 0 Å². The van der Waals surface area contributed by atoms with E-state index < -0.39 is 12.1 Å². The summed E-state index contributed by atoms with van der Waals surface area (Å²) in [5, 5.41) is 10.7. The van der Waals surface area contributed by atoms with Crippen molar-refractivity contribution in [2.24, 2.45) is 0 Å². The van der Waals surface area contributed by atoms with Gasteiger partial charge in [-0.1, -0.05) is 12.1 Å². The zero-order chi connectivity index (χ0) is 12.7. The Hall–Kier alpha value is -2.24. The lowest BCUT2D eigenvalue weighted by molar-refractivity contribution is -0.136. The number of methoxy groups -OCH3 is 1. The lowest BCUT2D eigenvalue weighted by Gasteiger charge is -2.08. The molecule has 2 N–H and O–H groups in total. The Morgan fingerprint density at radius 1 is 1.29 bits per heavy atom. The molecule has 1 aromatic carbocycles. The molecule has 0 radical (unpaired) electrons. The van der Waals surface area contributed by atoms with Crippen LogP contribution < -0.4 is 14.8 Å². The zero-order valence-corrected chi connectivity index (χ0v) is 9.30. The summed E-state index contributed by atoms with van der Waals surface area (Å²) in [7, 11) is 1.46. The summed E-state index contributed by atoms with van der Waals surface area (Å²) in [6.45, 7) is 0.0172. The monoisotopic (exact) mass is 239 g/mol. The number of carboxylic acids is 1. The molecule has 0 aliphatic heterocycles. The van der Waals surface area contributed by atoms with E-state index >= 15 is 0 Å². The molecule has 0 saturated heterocycles. The van der Waals surface area contributed by atoms with Crippen LogP contribution in [0.2, 0.25) is 0 Å². The fourth-order valence-electron chi connectivity index (χ4n) is 1.11. The second-order valence-corrected chi connectivity index (χ2v) is 3.11. The highest BCUT2D eigenvalue weighted by molar-refractivity contribution is 5.72. The lowest BCUT2D eigenvalue weighted by atomic mass is 10.3. The number of carboxylic acid groups (broad SMARTS) is 1. The van der Waals surface area contributed by atoms with E-state index in [1.54, 1.807) is 24.3 Å². The molecule has 0 bridgehead atoms. The highest BCUT2D eigenvalue weighted by Crippen LogP contribution is 2.25. The van der Waals surface area contributed by atoms with Crippen LogP contribution in [0.25, 0.3) is 0 Å². The van der Waals surface area contributed by atoms with Crippen molar-refractivity contribution < 1.29 is 24.2 Å². The van der Waals surface area contributed by atoms with Crippen LogP contribution in [-0.4, -0.2) is 30.8 Å². The summed E-state index contributed by atoms with van der Waals surface area (Å²) in [6.07, 6.45) is -0.864. The van der Waals surface area contributed by atoms with E-state index in [9.17, 15) is 9.59 Å². The number of nitrogens with one attached hydrogen (secondary N) is 1. The third-order valence-corrected chi connectivity index (χ3v) is 1.88. The predicted octanol–water partition coefficient (Wildman–Crippen LogP) is 1.26. The average Bonchev–Trinajstić information content (AvgIpc) is 2.29. The van der Waals surface area contributed by atoms with Crippen molar-refractivity contribution in [2.45, 2.75) is 6.42 Å². The molecule has 6 nitrogen and oxygen atoms in total. The molecule has 92 valence electrons. The fourth-order valence-corrected chi connectivity index (χ4v) is 1.11. The van der Waals surface area contributed by atoms with Gasteiger partial charge in [-0.3, -0.25) is 4.79 Å². The predicted molar refractivity (Wildman–Crippen MR) is 59.3 cm³/mol. The first-order chi connectivity index (χ1) is 8.13. The standard InChI is InChI=1S/C11H13NO5/c1-16-8-4-2-3-5-9(8)17-11(15)12-7-6-10(13)14/h2-5H,6-7H2,1H3,(H,12,15)(H,13,14). The van der Waals surface area contributed by atoms with Gasteiger partial charge in [0.25, 0.3) is 0 Å². The molecule has 0 saturated carbocycles. The second kappa shape index (κ2) is 6.37. The molecular weight excluding hydrogens is 226 g/mol. The number of aliphatic carboxylic acids is 1. The largest absolute Gasteiger partial charge is 0.493 e. The topological polar surface area (TPSA) is 84.9 Å². The van der Waals surface area contributed by atoms with Gasteiger partial charge in [0.2, 0.25) is 0 Å². The van der Waals surface area contributed by atoms with Crippen molar-refractivity contribution in [1.29, 1.82) is 0 Å². The summed E-state index contributed by atoms with van der Waals surface area (Å²) in [5.41, 5.74) is 0. The highest BCUT2D eigenvalue weighted by atomic mass is 16.6. The van der Waals surface area contributed by atoms with Crippen molar-refractivity contribution in [3.05, 3.63) is 24.3 Å². The molecule has 1 rings (SSSR count). The van der Waals surface area contributed by atoms with Gasteiger partial charge in [0.05, 0.1) is 13.5 Å². The minimum atomic E-state index is -0.984. The summed E-state index contributed by atoms with van der Waals surface area (Å²) in [6, 6.07) is 6.67. The third-order valence-electron chi connectivity index (χ3n) is 1.88. The van der Waals surface area contributed by atoms with E-state index in [1.807, 2.05) is 0 Å². The number of carbonyl (C=O) groups is 2. The van der Waals surface area contributed by atoms with Gasteiger partial charge in [-0.15, -0.1) is 0 Å². The van der Waals surface area contributed by atoms with Crippen LogP contribution in [0.4, 0.5) is 4.79 Å². The minimum Gasteiger partial charge on any atom is -0.493 e. The van der Waals surface area contributed by atoms with Gasteiger partial charge in [0.15, 0.2) is 11.5 Å². The van der Waals surface area contributed by atoms with Gasteiger partial charge in [0.1, 0.15) is 0 Å². The Balaban J connectivity index is 2.47. The number of amides is 1. The molecule has 0 aliphatic carbocycles. The molecule has 6 heteroatoms. The Morgan fingerprint density at radius 2 is 1.94 bits per heavy atom. The van der Waals surface area contributed by atoms with Crippen LogP contribution in [0.3, 0.4) is 0 Å². The normalized spacial score (nSPS) is 9.47. The van der Waals surface area contributed by atoms with E-state index in [0.29, 0.717) is 5.75 Å². The van der Waals surface area contributed by atoms with Crippen LogP contribution in [0.1, 0.15) is 6.42 Å². The van der Waals surface area contributed by atoms with Crippen molar-refractivity contribution in [3.63, 3.8) is 0 Å². The summed E-state index contributed by atoms with van der Waals surface area (Å²) < 4.78 is 9.94. The molecular formula is C11H13NO5. The zero-order valence-electron chi connectivity index (χ0n) is 9.30. The van der Waals surface area contributed by atoms with Crippen LogP contribution in [0.15, 0.2) is 24.3 Å². The number of carbonyl (C=O) groups excluding carboxylic acids is 1. The molecule has 0 unspecified atom stereocenters. The number of hydrogen-bond acceptors (Lipinski definition) is 4. The molecule has 0 spiro atoms. The van der Waals surface area contributed by atoms with Gasteiger partial charge in [-0.05, 0) is 12.1 Å². The number of para-hydroxylation sites is 2. The maximum Gasteiger partial charge on any atom is 0.412 e. The third kappa shape index (κ3) is 4.42. The van der Waals surface area contributed by atoms with Crippen LogP contribution in [-0.2, 0) is 4.79 Å². The van der Waals surface area contributed by atoms with Gasteiger partial charge in [0, 0.05) is 6.54 Å². The summed E-state index contributed by atoms with van der Waals surface area (Å²) >= 11 is 0. The maximum absolute atomic E-state index is 11.3. The minimum absolute atomic E-state index is 0.0172. The number of hydrogen-bond donors (Lipinski definition) is 2. The number of rotatable bonds is 5. The van der Waals surface area contributed by atoms with Crippen LogP contribution in [0.5, 0.6) is 11.5 Å². The Kier molecular flexibility index (Phi) is 4.80. The van der Waals surface area contributed by atoms with Crippen LogP contribution >= 0.6 is 0 Å². The van der Waals surface area contributed by atoms with E-state index in [1.165, 1.54) is 7.11 Å². The van der Waals surface area contributed by atoms with Crippen molar-refractivity contribution in [3.8, 4) is 11.5 Å². The second-order valence-electron chi connectivity index (χ2n) is 3.11. The van der Waals surface area contributed by atoms with E-state index in [-0.39, 0.29) is 18.7 Å². The lowest BCUT2D eigenvalue weighted by Crippen LogP contribution is -2.29. The molecule has 0 heterocycles. The Labute approximate surface area is 98.2 Å². The summed E-state index contributed by atoms with van der Waals surface area (Å²) in [4.78, 5) is 21.5. The molecule has 1 aromatic rings. The first-order valence-corrected chi connectivity index (χ1v) is 4.94. The van der Waals surface area contributed by atoms with Gasteiger partial charge >= 0.3 is 12.1 Å². The maximum atomic E-state index is 11.3. The van der Waals surface area contributed by atoms with Crippen molar-refractivity contribution >= 4 is 12.1 Å². The number of benzene rings is 1. The smallest absolute Gasteiger partial charge is 0.412 e. The van der Waals surface area contributed by atoms with Gasteiger partial charge in [-0.2, -0.15) is 0 Å². The molecule has 0 fully saturated rings. The van der Waals surface area contributed by atoms with Gasteiger partial charge < -0.3 is 19.9 Å². The van der Waals surface area contributed by atoms with Crippen molar-refractivity contribution in [1.82, 2.24) is 5.32 Å². The molecule has 0 atom stereocenters. The Bertz CT molecular complexity index is 405. The van der Waals surface area contributed by atoms with E-state index in [4.69, 9.17) is 14.6 Å². The first-order valence-electron chi connectivity index (χ1n) is 4.94. The number of ether oxygens (including phenoxy) is 2. The SMILES string of the molecule is COc1ccccc1OC(=O)NCCC(=O)O. The molecule has 0 aromatic heterocycles. The summed E-state index contributed by atoms with van der Waals surface area (Å²) in [5.74, 6) is -0.272. The average molecular weight is 239 g/mol. The molecule has 1 amide bonds. The van der Waals surface area contributed by atoms with E-state index in [2.05, 4.69) is 5.32 Å². The quantitative estimate of drug-likeness (QED) is 0.807. The van der Waals surface area contributed by atoms with E-state index in [0.717, 1.165) is 0 Å². The Morgan fingerprint density at radius 3 is 2.53 bits per heavy atom.